The molecule has 0 amide bonds. The van der Waals surface area contributed by atoms with E-state index in [0.717, 1.165) is 11.8 Å². The summed E-state index contributed by atoms with van der Waals surface area (Å²) >= 11 is 0. The fourth-order valence-electron chi connectivity index (χ4n) is 2.73. The second-order valence-electron chi connectivity index (χ2n) is 5.36. The Labute approximate surface area is 70.4 Å². The summed E-state index contributed by atoms with van der Waals surface area (Å²) in [6, 6.07) is 0. The van der Waals surface area contributed by atoms with E-state index in [9.17, 15) is 0 Å². The highest BCUT2D eigenvalue weighted by Crippen LogP contribution is 2.49. The lowest BCUT2D eigenvalue weighted by atomic mass is 9.71. The van der Waals surface area contributed by atoms with Crippen molar-refractivity contribution in [2.45, 2.75) is 52.4 Å². The zero-order chi connectivity index (χ0) is 7.90. The smallest absolute Gasteiger partial charge is 0.0351 e. The lowest BCUT2D eigenvalue weighted by molar-refractivity contribution is 0.165. The SMILES string of the molecule is CC1(C)CCCC(C2CC2)C1. The molecule has 0 heteroatoms. The van der Waals surface area contributed by atoms with Gasteiger partial charge in [0.1, 0.15) is 0 Å². The van der Waals surface area contributed by atoms with Crippen molar-refractivity contribution in [3.8, 4) is 0 Å². The maximum absolute atomic E-state index is 2.45. The first-order chi connectivity index (χ1) is 5.17. The van der Waals surface area contributed by atoms with E-state index in [2.05, 4.69) is 13.8 Å². The minimum atomic E-state index is 0.672. The topological polar surface area (TPSA) is 0 Å². The van der Waals surface area contributed by atoms with Crippen LogP contribution >= 0.6 is 0 Å². The van der Waals surface area contributed by atoms with Gasteiger partial charge < -0.3 is 0 Å². The molecule has 0 bridgehead atoms. The van der Waals surface area contributed by atoms with Crippen molar-refractivity contribution in [1.82, 2.24) is 0 Å². The summed E-state index contributed by atoms with van der Waals surface area (Å²) in [5.74, 6) is 2.26. The van der Waals surface area contributed by atoms with Crippen LogP contribution in [0.2, 0.25) is 0 Å². The number of hydrogen-bond acceptors (Lipinski definition) is 0. The molecule has 0 saturated heterocycles. The molecule has 0 aromatic carbocycles. The maximum Gasteiger partial charge on any atom is -0.0351 e. The van der Waals surface area contributed by atoms with Gasteiger partial charge in [0.2, 0.25) is 0 Å². The van der Waals surface area contributed by atoms with Crippen LogP contribution in [0.25, 0.3) is 0 Å². The van der Waals surface area contributed by atoms with Crippen LogP contribution < -0.4 is 0 Å². The normalized spacial score (nSPS) is 37.1. The Kier molecular flexibility index (Phi) is 1.74. The van der Waals surface area contributed by atoms with Crippen LogP contribution in [0.15, 0.2) is 0 Å². The summed E-state index contributed by atoms with van der Waals surface area (Å²) in [5.41, 5.74) is 0.672. The molecule has 2 rings (SSSR count). The molecule has 2 saturated carbocycles. The summed E-state index contributed by atoms with van der Waals surface area (Å²) in [4.78, 5) is 0. The molecule has 1 unspecified atom stereocenters. The molecule has 64 valence electrons. The third-order valence-corrected chi connectivity index (χ3v) is 3.53. The van der Waals surface area contributed by atoms with Crippen LogP contribution in [0, 0.1) is 17.3 Å². The second-order valence-corrected chi connectivity index (χ2v) is 5.36. The van der Waals surface area contributed by atoms with Crippen molar-refractivity contribution >= 4 is 0 Å². The van der Waals surface area contributed by atoms with Gasteiger partial charge in [0.25, 0.3) is 0 Å². The molecule has 0 aromatic heterocycles. The van der Waals surface area contributed by atoms with Crippen molar-refractivity contribution < 1.29 is 0 Å². The van der Waals surface area contributed by atoms with Gasteiger partial charge in [-0.05, 0) is 42.9 Å². The third-order valence-electron chi connectivity index (χ3n) is 3.53. The van der Waals surface area contributed by atoms with Gasteiger partial charge in [-0.1, -0.05) is 26.7 Å². The van der Waals surface area contributed by atoms with E-state index >= 15 is 0 Å². The minimum absolute atomic E-state index is 0.672. The van der Waals surface area contributed by atoms with E-state index in [4.69, 9.17) is 0 Å². The predicted molar refractivity (Wildman–Crippen MR) is 48.5 cm³/mol. The van der Waals surface area contributed by atoms with Gasteiger partial charge in [-0.3, -0.25) is 0 Å². The quantitative estimate of drug-likeness (QED) is 0.538. The Morgan fingerprint density at radius 1 is 1.00 bits per heavy atom. The first kappa shape index (κ1) is 7.64. The van der Waals surface area contributed by atoms with E-state index in [0.29, 0.717) is 5.41 Å². The monoisotopic (exact) mass is 152 g/mol. The van der Waals surface area contributed by atoms with Crippen molar-refractivity contribution in [3.63, 3.8) is 0 Å². The molecule has 2 aliphatic carbocycles. The zero-order valence-corrected chi connectivity index (χ0v) is 7.90. The Hall–Kier alpha value is 0. The van der Waals surface area contributed by atoms with Crippen LogP contribution in [0.3, 0.4) is 0 Å². The van der Waals surface area contributed by atoms with Crippen molar-refractivity contribution in [1.29, 1.82) is 0 Å². The van der Waals surface area contributed by atoms with Gasteiger partial charge in [-0.15, -0.1) is 0 Å². The molecule has 11 heavy (non-hydrogen) atoms. The van der Waals surface area contributed by atoms with E-state index in [-0.39, 0.29) is 0 Å². The summed E-state index contributed by atoms with van der Waals surface area (Å²) in [6.07, 6.45) is 9.09. The standard InChI is InChI=1S/C11H20/c1-11(2)7-3-4-10(8-11)9-5-6-9/h9-10H,3-8H2,1-2H3. The zero-order valence-electron chi connectivity index (χ0n) is 7.90. The molecular weight excluding hydrogens is 132 g/mol. The van der Waals surface area contributed by atoms with Crippen LogP contribution in [0.1, 0.15) is 52.4 Å². The Bertz CT molecular complexity index is 142. The Balaban J connectivity index is 1.92. The molecule has 0 radical (unpaired) electrons. The van der Waals surface area contributed by atoms with Crippen molar-refractivity contribution in [2.24, 2.45) is 17.3 Å². The molecule has 0 aromatic rings. The maximum atomic E-state index is 2.45. The average Bonchev–Trinajstić information content (AvgIpc) is 2.65. The van der Waals surface area contributed by atoms with Gasteiger partial charge in [-0.25, -0.2) is 0 Å². The van der Waals surface area contributed by atoms with Gasteiger partial charge in [-0.2, -0.15) is 0 Å². The predicted octanol–water partition coefficient (Wildman–Crippen LogP) is 3.61. The second kappa shape index (κ2) is 2.50. The van der Waals surface area contributed by atoms with Gasteiger partial charge in [0.05, 0.1) is 0 Å². The summed E-state index contributed by atoms with van der Waals surface area (Å²) in [5, 5.41) is 0. The van der Waals surface area contributed by atoms with Gasteiger partial charge in [0, 0.05) is 0 Å². The molecule has 0 N–H and O–H groups in total. The fourth-order valence-corrected chi connectivity index (χ4v) is 2.73. The third kappa shape index (κ3) is 1.77. The summed E-state index contributed by atoms with van der Waals surface area (Å²) in [6.45, 7) is 4.89. The number of hydrogen-bond donors (Lipinski definition) is 0. The highest BCUT2D eigenvalue weighted by Gasteiger charge is 2.37. The van der Waals surface area contributed by atoms with Crippen LogP contribution in [-0.4, -0.2) is 0 Å². The van der Waals surface area contributed by atoms with Crippen molar-refractivity contribution in [3.05, 3.63) is 0 Å². The first-order valence-corrected chi connectivity index (χ1v) is 5.17. The summed E-state index contributed by atoms with van der Waals surface area (Å²) in [7, 11) is 0. The molecule has 0 heterocycles. The summed E-state index contributed by atoms with van der Waals surface area (Å²) < 4.78 is 0. The fraction of sp³-hybridized carbons (Fsp3) is 1.00. The molecule has 0 aliphatic heterocycles. The lowest BCUT2D eigenvalue weighted by Gasteiger charge is -2.35. The van der Waals surface area contributed by atoms with Crippen LogP contribution in [-0.2, 0) is 0 Å². The van der Waals surface area contributed by atoms with E-state index < -0.39 is 0 Å². The highest BCUT2D eigenvalue weighted by atomic mass is 14.4. The molecular formula is C11H20. The van der Waals surface area contributed by atoms with E-state index in [1.165, 1.54) is 25.7 Å². The van der Waals surface area contributed by atoms with E-state index in [1.54, 1.807) is 12.8 Å². The van der Waals surface area contributed by atoms with E-state index in [1.807, 2.05) is 0 Å². The lowest BCUT2D eigenvalue weighted by Crippen LogP contribution is -2.23. The van der Waals surface area contributed by atoms with Crippen LogP contribution in [0.4, 0.5) is 0 Å². The largest absolute Gasteiger partial charge is 0.0599 e. The highest BCUT2D eigenvalue weighted by molar-refractivity contribution is 4.88. The molecule has 0 spiro atoms. The van der Waals surface area contributed by atoms with Gasteiger partial charge in [0.15, 0.2) is 0 Å². The molecule has 1 atom stereocenters. The Morgan fingerprint density at radius 3 is 2.27 bits per heavy atom. The van der Waals surface area contributed by atoms with Crippen LogP contribution in [0.5, 0.6) is 0 Å². The van der Waals surface area contributed by atoms with Gasteiger partial charge >= 0.3 is 0 Å². The Morgan fingerprint density at radius 2 is 1.73 bits per heavy atom. The molecule has 2 aliphatic rings. The number of rotatable bonds is 1. The molecule has 0 nitrogen and oxygen atoms in total. The first-order valence-electron chi connectivity index (χ1n) is 5.17. The average molecular weight is 152 g/mol. The minimum Gasteiger partial charge on any atom is -0.0599 e. The molecule has 2 fully saturated rings. The van der Waals surface area contributed by atoms with Crippen molar-refractivity contribution in [2.75, 3.05) is 0 Å².